The lowest BCUT2D eigenvalue weighted by molar-refractivity contribution is -0.117. The maximum Gasteiger partial charge on any atom is 0.240 e. The molecule has 1 saturated heterocycles. The molecule has 2 aromatic rings. The molecule has 2 heterocycles. The Morgan fingerprint density at radius 2 is 2.00 bits per heavy atom. The van der Waals surface area contributed by atoms with Crippen molar-refractivity contribution in [3.05, 3.63) is 39.6 Å². The minimum Gasteiger partial charge on any atom is -0.299 e. The number of carbonyl (C=O) groups excluding carboxylic acids is 1. The quantitative estimate of drug-likeness (QED) is 0.859. The summed E-state index contributed by atoms with van der Waals surface area (Å²) in [5.41, 5.74) is 0.990. The van der Waals surface area contributed by atoms with E-state index >= 15 is 0 Å². The van der Waals surface area contributed by atoms with Crippen LogP contribution in [0.2, 0.25) is 5.02 Å². The van der Waals surface area contributed by atoms with Crippen molar-refractivity contribution in [2.24, 2.45) is 0 Å². The summed E-state index contributed by atoms with van der Waals surface area (Å²) >= 11 is 7.19. The van der Waals surface area contributed by atoms with Crippen molar-refractivity contribution >= 4 is 34.0 Å². The van der Waals surface area contributed by atoms with Gasteiger partial charge in [-0.1, -0.05) is 29.0 Å². The van der Waals surface area contributed by atoms with E-state index in [2.05, 4.69) is 25.3 Å². The number of benzene rings is 1. The van der Waals surface area contributed by atoms with Crippen molar-refractivity contribution in [2.45, 2.75) is 13.5 Å². The van der Waals surface area contributed by atoms with Crippen molar-refractivity contribution in [1.29, 1.82) is 0 Å². The SMILES string of the molecule is Cc1nnc(NC(=O)CN2CCN(Cc3ccc(F)c(Cl)c3)CC2)s1. The van der Waals surface area contributed by atoms with Gasteiger partial charge in [-0.15, -0.1) is 10.2 Å². The Morgan fingerprint density at radius 3 is 2.64 bits per heavy atom. The third kappa shape index (κ3) is 5.18. The predicted octanol–water partition coefficient (Wildman–Crippen LogP) is 2.40. The Bertz CT molecular complexity index is 748. The molecule has 1 aliphatic rings. The first-order valence-electron chi connectivity index (χ1n) is 7.98. The van der Waals surface area contributed by atoms with Crippen LogP contribution < -0.4 is 5.32 Å². The summed E-state index contributed by atoms with van der Waals surface area (Å²) in [6, 6.07) is 4.82. The number of halogens is 2. The number of amides is 1. The number of nitrogens with one attached hydrogen (secondary N) is 1. The fourth-order valence-electron chi connectivity index (χ4n) is 2.71. The van der Waals surface area contributed by atoms with Crippen molar-refractivity contribution in [3.63, 3.8) is 0 Å². The summed E-state index contributed by atoms with van der Waals surface area (Å²) in [6.07, 6.45) is 0. The average molecular weight is 384 g/mol. The van der Waals surface area contributed by atoms with Crippen LogP contribution in [0.4, 0.5) is 9.52 Å². The number of nitrogens with zero attached hydrogens (tertiary/aromatic N) is 4. The number of carbonyl (C=O) groups is 1. The smallest absolute Gasteiger partial charge is 0.240 e. The molecule has 1 amide bonds. The second-order valence-corrected chi connectivity index (χ2v) is 7.56. The summed E-state index contributed by atoms with van der Waals surface area (Å²) in [7, 11) is 0. The molecule has 1 N–H and O–H groups in total. The van der Waals surface area contributed by atoms with Gasteiger partial charge >= 0.3 is 0 Å². The molecule has 1 aromatic carbocycles. The van der Waals surface area contributed by atoms with Crippen LogP contribution in [0.15, 0.2) is 18.2 Å². The zero-order valence-electron chi connectivity index (χ0n) is 13.8. The van der Waals surface area contributed by atoms with Crippen molar-refractivity contribution in [1.82, 2.24) is 20.0 Å². The van der Waals surface area contributed by atoms with Gasteiger partial charge in [-0.05, 0) is 24.6 Å². The van der Waals surface area contributed by atoms with Gasteiger partial charge in [-0.2, -0.15) is 0 Å². The minimum atomic E-state index is -0.396. The highest BCUT2D eigenvalue weighted by Crippen LogP contribution is 2.18. The third-order valence-corrected chi connectivity index (χ3v) is 5.04. The lowest BCUT2D eigenvalue weighted by Crippen LogP contribution is -2.48. The van der Waals surface area contributed by atoms with Gasteiger partial charge in [0, 0.05) is 32.7 Å². The van der Waals surface area contributed by atoms with E-state index in [1.807, 2.05) is 6.92 Å². The van der Waals surface area contributed by atoms with Crippen molar-refractivity contribution in [3.8, 4) is 0 Å². The van der Waals surface area contributed by atoms with E-state index in [4.69, 9.17) is 11.6 Å². The van der Waals surface area contributed by atoms with E-state index in [1.54, 1.807) is 12.1 Å². The molecule has 1 fully saturated rings. The number of piperazine rings is 1. The maximum atomic E-state index is 13.2. The van der Waals surface area contributed by atoms with Crippen LogP contribution in [0.1, 0.15) is 10.6 Å². The van der Waals surface area contributed by atoms with Crippen LogP contribution >= 0.6 is 22.9 Å². The Hall–Kier alpha value is -1.61. The number of aromatic nitrogens is 2. The lowest BCUT2D eigenvalue weighted by Gasteiger charge is -2.34. The molecule has 0 saturated carbocycles. The Morgan fingerprint density at radius 1 is 1.28 bits per heavy atom. The fraction of sp³-hybridized carbons (Fsp3) is 0.438. The zero-order chi connectivity index (χ0) is 17.8. The van der Waals surface area contributed by atoms with E-state index in [9.17, 15) is 9.18 Å². The highest BCUT2D eigenvalue weighted by Gasteiger charge is 2.19. The van der Waals surface area contributed by atoms with Gasteiger partial charge in [0.25, 0.3) is 0 Å². The predicted molar refractivity (Wildman–Crippen MR) is 96.4 cm³/mol. The van der Waals surface area contributed by atoms with Gasteiger partial charge in [-0.3, -0.25) is 19.9 Å². The van der Waals surface area contributed by atoms with Gasteiger partial charge in [-0.25, -0.2) is 4.39 Å². The summed E-state index contributed by atoms with van der Waals surface area (Å²) in [5.74, 6) is -0.471. The normalized spacial score (nSPS) is 16.1. The van der Waals surface area contributed by atoms with E-state index in [0.29, 0.717) is 11.7 Å². The van der Waals surface area contributed by atoms with E-state index in [0.717, 1.165) is 43.3 Å². The van der Waals surface area contributed by atoms with Crippen LogP contribution in [0.25, 0.3) is 0 Å². The first kappa shape index (κ1) is 18.2. The molecule has 6 nitrogen and oxygen atoms in total. The van der Waals surface area contributed by atoms with Crippen LogP contribution in [-0.4, -0.2) is 58.6 Å². The number of anilines is 1. The number of aryl methyl sites for hydroxylation is 1. The monoisotopic (exact) mass is 383 g/mol. The molecule has 134 valence electrons. The average Bonchev–Trinajstić information content (AvgIpc) is 2.97. The molecule has 0 bridgehead atoms. The Labute approximate surface area is 154 Å². The molecular formula is C16H19ClFN5OS. The molecule has 1 aliphatic heterocycles. The molecule has 25 heavy (non-hydrogen) atoms. The van der Waals surface area contributed by atoms with Gasteiger partial charge in [0.2, 0.25) is 11.0 Å². The highest BCUT2D eigenvalue weighted by atomic mass is 35.5. The van der Waals surface area contributed by atoms with Crippen LogP contribution in [0, 0.1) is 12.7 Å². The molecule has 9 heteroatoms. The van der Waals surface area contributed by atoms with Crippen molar-refractivity contribution < 1.29 is 9.18 Å². The van der Waals surface area contributed by atoms with Crippen LogP contribution in [0.5, 0.6) is 0 Å². The van der Waals surface area contributed by atoms with E-state index < -0.39 is 5.82 Å². The largest absolute Gasteiger partial charge is 0.299 e. The fourth-order valence-corrected chi connectivity index (χ4v) is 3.52. The molecule has 1 aromatic heterocycles. The Kier molecular flexibility index (Phi) is 5.95. The molecule has 0 spiro atoms. The molecule has 0 aliphatic carbocycles. The zero-order valence-corrected chi connectivity index (χ0v) is 15.4. The van der Waals surface area contributed by atoms with Crippen LogP contribution in [0.3, 0.4) is 0 Å². The lowest BCUT2D eigenvalue weighted by atomic mass is 10.2. The van der Waals surface area contributed by atoms with Gasteiger partial charge in [0.15, 0.2) is 0 Å². The summed E-state index contributed by atoms with van der Waals surface area (Å²) < 4.78 is 13.2. The standard InChI is InChI=1S/C16H19ClFN5OS/c1-11-20-21-16(25-11)19-15(24)10-23-6-4-22(5-7-23)9-12-2-3-14(18)13(17)8-12/h2-3,8H,4-7,9-10H2,1H3,(H,19,21,24). The summed E-state index contributed by atoms with van der Waals surface area (Å²) in [5, 5.41) is 12.1. The topological polar surface area (TPSA) is 61.4 Å². The van der Waals surface area contributed by atoms with E-state index in [1.165, 1.54) is 17.4 Å². The van der Waals surface area contributed by atoms with Crippen molar-refractivity contribution in [2.75, 3.05) is 38.0 Å². The van der Waals surface area contributed by atoms with Gasteiger partial charge < -0.3 is 0 Å². The first-order chi connectivity index (χ1) is 12.0. The first-order valence-corrected chi connectivity index (χ1v) is 9.17. The number of hydrogen-bond donors (Lipinski definition) is 1. The highest BCUT2D eigenvalue weighted by molar-refractivity contribution is 7.15. The number of rotatable bonds is 5. The second-order valence-electron chi connectivity index (χ2n) is 5.98. The number of hydrogen-bond acceptors (Lipinski definition) is 6. The summed E-state index contributed by atoms with van der Waals surface area (Å²) in [6.45, 7) is 6.22. The molecule has 0 unspecified atom stereocenters. The molecular weight excluding hydrogens is 365 g/mol. The molecule has 0 radical (unpaired) electrons. The molecule has 3 rings (SSSR count). The second kappa shape index (κ2) is 8.18. The van der Waals surface area contributed by atoms with E-state index in [-0.39, 0.29) is 10.9 Å². The minimum absolute atomic E-state index is 0.0742. The summed E-state index contributed by atoms with van der Waals surface area (Å²) in [4.78, 5) is 16.4. The van der Waals surface area contributed by atoms with Gasteiger partial charge in [0.05, 0.1) is 11.6 Å². The van der Waals surface area contributed by atoms with Crippen LogP contribution in [-0.2, 0) is 11.3 Å². The molecule has 0 atom stereocenters. The Balaban J connectivity index is 1.43. The van der Waals surface area contributed by atoms with Gasteiger partial charge in [0.1, 0.15) is 10.8 Å². The maximum absolute atomic E-state index is 13.2. The third-order valence-electron chi connectivity index (χ3n) is 3.99.